The quantitative estimate of drug-likeness (QED) is 0.357. The molecule has 3 heterocycles. The summed E-state index contributed by atoms with van der Waals surface area (Å²) in [6.07, 6.45) is 7.29. The van der Waals surface area contributed by atoms with Gasteiger partial charge in [0.15, 0.2) is 11.6 Å². The third-order valence-electron chi connectivity index (χ3n) is 6.46. The molecule has 1 saturated carbocycles. The predicted molar refractivity (Wildman–Crippen MR) is 133 cm³/mol. The van der Waals surface area contributed by atoms with E-state index in [4.69, 9.17) is 14.6 Å². The molecule has 0 radical (unpaired) electrons. The molecule has 1 aromatic carbocycles. The first-order valence-electron chi connectivity index (χ1n) is 12.0. The number of hydrogen-bond donors (Lipinski definition) is 2. The summed E-state index contributed by atoms with van der Waals surface area (Å²) in [7, 11) is 1.63. The Morgan fingerprint density at radius 2 is 1.56 bits per heavy atom. The van der Waals surface area contributed by atoms with Crippen molar-refractivity contribution in [3.63, 3.8) is 0 Å². The summed E-state index contributed by atoms with van der Waals surface area (Å²) in [6.45, 7) is 0. The van der Waals surface area contributed by atoms with Gasteiger partial charge in [0.1, 0.15) is 11.9 Å². The Balaban J connectivity index is 1.20. The number of carbonyl (C=O) groups is 1. The lowest BCUT2D eigenvalue weighted by Gasteiger charge is -2.27. The SMILES string of the molecule is COc1ccc(-c2nnc(-c3ccc(-c4ccc(O[C@H]5CC[C@H](CC(=O)O)CC5)nc4)nc3)[nH]2)cc1. The number of carboxylic acids is 1. The van der Waals surface area contributed by atoms with Gasteiger partial charge in [-0.25, -0.2) is 4.98 Å². The van der Waals surface area contributed by atoms with Crippen molar-refractivity contribution in [2.24, 2.45) is 5.92 Å². The second-order valence-corrected chi connectivity index (χ2v) is 8.93. The maximum absolute atomic E-state index is 10.9. The number of aromatic amines is 1. The monoisotopic (exact) mass is 485 g/mol. The van der Waals surface area contributed by atoms with Gasteiger partial charge in [-0.15, -0.1) is 10.2 Å². The van der Waals surface area contributed by atoms with Gasteiger partial charge < -0.3 is 19.6 Å². The molecule has 1 aliphatic carbocycles. The van der Waals surface area contributed by atoms with Gasteiger partial charge in [0.2, 0.25) is 5.88 Å². The summed E-state index contributed by atoms with van der Waals surface area (Å²) in [5.41, 5.74) is 3.43. The molecule has 36 heavy (non-hydrogen) atoms. The molecule has 0 saturated heterocycles. The highest BCUT2D eigenvalue weighted by atomic mass is 16.5. The number of pyridine rings is 2. The fraction of sp³-hybridized carbons (Fsp3) is 0.296. The van der Waals surface area contributed by atoms with Crippen LogP contribution in [0.25, 0.3) is 34.0 Å². The molecular weight excluding hydrogens is 458 g/mol. The Kier molecular flexibility index (Phi) is 6.88. The number of nitrogens with zero attached hydrogens (tertiary/aromatic N) is 4. The number of ether oxygens (including phenoxy) is 2. The first-order chi connectivity index (χ1) is 17.6. The lowest BCUT2D eigenvalue weighted by atomic mass is 9.85. The van der Waals surface area contributed by atoms with Crippen LogP contribution >= 0.6 is 0 Å². The molecule has 1 aliphatic rings. The Morgan fingerprint density at radius 3 is 2.17 bits per heavy atom. The van der Waals surface area contributed by atoms with E-state index in [1.165, 1.54) is 0 Å². The molecule has 0 atom stereocenters. The number of benzene rings is 1. The first-order valence-corrected chi connectivity index (χ1v) is 12.0. The minimum absolute atomic E-state index is 0.0792. The largest absolute Gasteiger partial charge is 0.497 e. The van der Waals surface area contributed by atoms with E-state index >= 15 is 0 Å². The zero-order chi connectivity index (χ0) is 24.9. The van der Waals surface area contributed by atoms with Crippen LogP contribution in [0.3, 0.4) is 0 Å². The molecule has 0 bridgehead atoms. The molecule has 9 heteroatoms. The third kappa shape index (κ3) is 5.51. The highest BCUT2D eigenvalue weighted by Crippen LogP contribution is 2.30. The summed E-state index contributed by atoms with van der Waals surface area (Å²) >= 11 is 0. The minimum Gasteiger partial charge on any atom is -0.497 e. The molecule has 5 rings (SSSR count). The molecule has 0 unspecified atom stereocenters. The van der Waals surface area contributed by atoms with Gasteiger partial charge in [-0.2, -0.15) is 0 Å². The number of aromatic nitrogens is 5. The van der Waals surface area contributed by atoms with Crippen LogP contribution < -0.4 is 9.47 Å². The van der Waals surface area contributed by atoms with Crippen LogP contribution in [0.15, 0.2) is 60.9 Å². The summed E-state index contributed by atoms with van der Waals surface area (Å²) in [4.78, 5) is 23.2. The number of aliphatic carboxylic acids is 1. The molecule has 3 aromatic heterocycles. The van der Waals surface area contributed by atoms with Crippen molar-refractivity contribution in [1.82, 2.24) is 25.1 Å². The second-order valence-electron chi connectivity index (χ2n) is 8.93. The van der Waals surface area contributed by atoms with Crippen molar-refractivity contribution >= 4 is 5.97 Å². The molecule has 184 valence electrons. The van der Waals surface area contributed by atoms with Crippen molar-refractivity contribution in [2.75, 3.05) is 7.11 Å². The van der Waals surface area contributed by atoms with Crippen molar-refractivity contribution in [1.29, 1.82) is 0 Å². The molecule has 9 nitrogen and oxygen atoms in total. The molecule has 4 aromatic rings. The van der Waals surface area contributed by atoms with Gasteiger partial charge in [-0.05, 0) is 74.1 Å². The Morgan fingerprint density at radius 1 is 0.889 bits per heavy atom. The average molecular weight is 486 g/mol. The van der Waals surface area contributed by atoms with Crippen molar-refractivity contribution in [3.8, 4) is 45.7 Å². The van der Waals surface area contributed by atoms with E-state index in [9.17, 15) is 4.79 Å². The van der Waals surface area contributed by atoms with Gasteiger partial charge in [0.25, 0.3) is 0 Å². The summed E-state index contributed by atoms with van der Waals surface area (Å²) < 4.78 is 11.2. The van der Waals surface area contributed by atoms with Gasteiger partial charge in [-0.1, -0.05) is 0 Å². The number of H-pyrrole nitrogens is 1. The van der Waals surface area contributed by atoms with Crippen LogP contribution in [0.2, 0.25) is 0 Å². The number of carboxylic acid groups (broad SMARTS) is 1. The van der Waals surface area contributed by atoms with E-state index in [2.05, 4.69) is 25.1 Å². The highest BCUT2D eigenvalue weighted by Gasteiger charge is 2.24. The number of hydrogen-bond acceptors (Lipinski definition) is 7. The maximum atomic E-state index is 10.9. The molecule has 2 N–H and O–H groups in total. The van der Waals surface area contributed by atoms with Crippen LogP contribution in [0.4, 0.5) is 0 Å². The Hall–Kier alpha value is -4.27. The van der Waals surface area contributed by atoms with E-state index in [0.29, 0.717) is 17.5 Å². The highest BCUT2D eigenvalue weighted by molar-refractivity contribution is 5.67. The van der Waals surface area contributed by atoms with Crippen LogP contribution in [-0.4, -0.2) is 49.4 Å². The first kappa shape index (κ1) is 23.5. The van der Waals surface area contributed by atoms with Gasteiger partial charge in [-0.3, -0.25) is 9.78 Å². The van der Waals surface area contributed by atoms with Crippen molar-refractivity contribution in [2.45, 2.75) is 38.2 Å². The van der Waals surface area contributed by atoms with Crippen molar-refractivity contribution < 1.29 is 19.4 Å². The second kappa shape index (κ2) is 10.6. The standard InChI is InChI=1S/C27H27N5O4/c1-35-21-10-4-18(5-11-21)26-30-27(32-31-26)20-6-12-23(28-16-20)19-7-13-24(29-15-19)36-22-8-2-17(3-9-22)14-25(33)34/h4-7,10-13,15-17,22H,2-3,8-9,14H2,1H3,(H,33,34)(H,30,31,32)/t17-,22-. The topological polar surface area (TPSA) is 123 Å². The fourth-order valence-corrected chi connectivity index (χ4v) is 4.45. The number of methoxy groups -OCH3 is 1. The molecule has 0 aliphatic heterocycles. The zero-order valence-electron chi connectivity index (χ0n) is 19.9. The lowest BCUT2D eigenvalue weighted by molar-refractivity contribution is -0.138. The zero-order valence-corrected chi connectivity index (χ0v) is 19.9. The molecule has 0 spiro atoms. The van der Waals surface area contributed by atoms with E-state index in [1.807, 2.05) is 48.5 Å². The predicted octanol–water partition coefficient (Wildman–Crippen LogP) is 5.02. The average Bonchev–Trinajstić information content (AvgIpc) is 3.41. The van der Waals surface area contributed by atoms with E-state index in [1.54, 1.807) is 19.5 Å². The lowest BCUT2D eigenvalue weighted by Crippen LogP contribution is -2.25. The minimum atomic E-state index is -0.725. The summed E-state index contributed by atoms with van der Waals surface area (Å²) in [6, 6.07) is 15.3. The van der Waals surface area contributed by atoms with E-state index < -0.39 is 5.97 Å². The summed E-state index contributed by atoms with van der Waals surface area (Å²) in [5, 5.41) is 17.5. The smallest absolute Gasteiger partial charge is 0.303 e. The molecule has 0 amide bonds. The van der Waals surface area contributed by atoms with Crippen LogP contribution in [0, 0.1) is 5.92 Å². The normalized spacial score (nSPS) is 17.5. The van der Waals surface area contributed by atoms with E-state index in [0.717, 1.165) is 53.8 Å². The number of rotatable bonds is 8. The van der Waals surface area contributed by atoms with Crippen LogP contribution in [0.1, 0.15) is 32.1 Å². The van der Waals surface area contributed by atoms with Gasteiger partial charge in [0, 0.05) is 41.6 Å². The van der Waals surface area contributed by atoms with Gasteiger partial charge >= 0.3 is 5.97 Å². The fourth-order valence-electron chi connectivity index (χ4n) is 4.45. The van der Waals surface area contributed by atoms with E-state index in [-0.39, 0.29) is 18.4 Å². The third-order valence-corrected chi connectivity index (χ3v) is 6.46. The maximum Gasteiger partial charge on any atom is 0.303 e. The Labute approximate surface area is 208 Å². The number of nitrogens with one attached hydrogen (secondary N) is 1. The molecular formula is C27H27N5O4. The molecule has 1 fully saturated rings. The Bertz CT molecular complexity index is 1300. The van der Waals surface area contributed by atoms with Crippen LogP contribution in [0.5, 0.6) is 11.6 Å². The summed E-state index contributed by atoms with van der Waals surface area (Å²) in [5.74, 6) is 2.19. The van der Waals surface area contributed by atoms with Crippen LogP contribution in [-0.2, 0) is 4.79 Å². The van der Waals surface area contributed by atoms with Gasteiger partial charge in [0.05, 0.1) is 12.8 Å². The van der Waals surface area contributed by atoms with Crippen molar-refractivity contribution in [3.05, 3.63) is 60.9 Å².